The van der Waals surface area contributed by atoms with Crippen LogP contribution >= 0.6 is 0 Å². The SMILES string of the molecule is CC(O)CC(C)Nc1ncccc1C#N. The van der Waals surface area contributed by atoms with Crippen molar-refractivity contribution in [2.24, 2.45) is 0 Å². The van der Waals surface area contributed by atoms with Crippen molar-refractivity contribution in [2.75, 3.05) is 5.32 Å². The third kappa shape index (κ3) is 3.56. The van der Waals surface area contributed by atoms with Gasteiger partial charge in [-0.2, -0.15) is 5.26 Å². The zero-order valence-electron chi connectivity index (χ0n) is 8.94. The summed E-state index contributed by atoms with van der Waals surface area (Å²) in [6.07, 6.45) is 1.90. The van der Waals surface area contributed by atoms with Crippen LogP contribution in [0.5, 0.6) is 0 Å². The average molecular weight is 205 g/mol. The highest BCUT2D eigenvalue weighted by molar-refractivity contribution is 5.51. The number of nitrogens with one attached hydrogen (secondary N) is 1. The Hall–Kier alpha value is -1.60. The normalized spacial score (nSPS) is 14.0. The number of nitrogens with zero attached hydrogens (tertiary/aromatic N) is 2. The van der Waals surface area contributed by atoms with E-state index in [0.29, 0.717) is 17.8 Å². The fourth-order valence-electron chi connectivity index (χ4n) is 1.41. The van der Waals surface area contributed by atoms with Crippen molar-refractivity contribution in [3.05, 3.63) is 23.9 Å². The molecular weight excluding hydrogens is 190 g/mol. The quantitative estimate of drug-likeness (QED) is 0.782. The Morgan fingerprint density at radius 2 is 2.33 bits per heavy atom. The van der Waals surface area contributed by atoms with Gasteiger partial charge in [0.1, 0.15) is 11.9 Å². The summed E-state index contributed by atoms with van der Waals surface area (Å²) >= 11 is 0. The van der Waals surface area contributed by atoms with Crippen molar-refractivity contribution in [3.8, 4) is 6.07 Å². The molecule has 0 saturated carbocycles. The lowest BCUT2D eigenvalue weighted by Gasteiger charge is -2.16. The van der Waals surface area contributed by atoms with E-state index < -0.39 is 0 Å². The molecule has 15 heavy (non-hydrogen) atoms. The van der Waals surface area contributed by atoms with Crippen LogP contribution in [0.25, 0.3) is 0 Å². The van der Waals surface area contributed by atoms with E-state index in [-0.39, 0.29) is 12.1 Å². The molecule has 1 rings (SSSR count). The van der Waals surface area contributed by atoms with Crippen LogP contribution in [-0.4, -0.2) is 22.2 Å². The van der Waals surface area contributed by atoms with E-state index in [1.165, 1.54) is 0 Å². The van der Waals surface area contributed by atoms with E-state index in [9.17, 15) is 5.11 Å². The third-order valence-electron chi connectivity index (χ3n) is 2.01. The molecule has 1 heterocycles. The molecule has 0 fully saturated rings. The molecule has 0 radical (unpaired) electrons. The van der Waals surface area contributed by atoms with Crippen molar-refractivity contribution in [3.63, 3.8) is 0 Å². The van der Waals surface area contributed by atoms with E-state index in [2.05, 4.69) is 16.4 Å². The Labute approximate surface area is 89.6 Å². The fraction of sp³-hybridized carbons (Fsp3) is 0.455. The number of nitriles is 1. The van der Waals surface area contributed by atoms with E-state index in [1.807, 2.05) is 6.92 Å². The highest BCUT2D eigenvalue weighted by Crippen LogP contribution is 2.12. The molecule has 1 aromatic heterocycles. The maximum atomic E-state index is 9.20. The number of hydrogen-bond acceptors (Lipinski definition) is 4. The molecule has 0 bridgehead atoms. The highest BCUT2D eigenvalue weighted by atomic mass is 16.3. The van der Waals surface area contributed by atoms with Gasteiger partial charge in [0.2, 0.25) is 0 Å². The summed E-state index contributed by atoms with van der Waals surface area (Å²) in [7, 11) is 0. The molecular formula is C11H15N3O. The first kappa shape index (κ1) is 11.5. The van der Waals surface area contributed by atoms with Gasteiger partial charge in [-0.25, -0.2) is 4.98 Å². The summed E-state index contributed by atoms with van der Waals surface area (Å²) in [6.45, 7) is 3.68. The number of aliphatic hydroxyl groups excluding tert-OH is 1. The standard InChI is InChI=1S/C11H15N3O/c1-8(6-9(2)15)14-11-10(7-12)4-3-5-13-11/h3-5,8-9,15H,6H2,1-2H3,(H,13,14). The average Bonchev–Trinajstić information content (AvgIpc) is 2.17. The second kappa shape index (κ2) is 5.32. The first-order valence-corrected chi connectivity index (χ1v) is 4.93. The van der Waals surface area contributed by atoms with Crippen molar-refractivity contribution >= 4 is 5.82 Å². The third-order valence-corrected chi connectivity index (χ3v) is 2.01. The second-order valence-electron chi connectivity index (χ2n) is 3.64. The van der Waals surface area contributed by atoms with Crippen LogP contribution in [0.2, 0.25) is 0 Å². The molecule has 2 atom stereocenters. The molecule has 0 aromatic carbocycles. The number of aromatic nitrogens is 1. The Kier molecular flexibility index (Phi) is 4.07. The van der Waals surface area contributed by atoms with Crippen molar-refractivity contribution in [2.45, 2.75) is 32.4 Å². The molecule has 0 aliphatic rings. The molecule has 0 amide bonds. The Bertz CT molecular complexity index is 357. The maximum Gasteiger partial charge on any atom is 0.144 e. The van der Waals surface area contributed by atoms with Gasteiger partial charge in [-0.3, -0.25) is 0 Å². The van der Waals surface area contributed by atoms with Gasteiger partial charge in [-0.15, -0.1) is 0 Å². The minimum Gasteiger partial charge on any atom is -0.393 e. The predicted octanol–water partition coefficient (Wildman–Crippen LogP) is 1.52. The first-order chi connectivity index (χ1) is 7.13. The van der Waals surface area contributed by atoms with Gasteiger partial charge in [0.15, 0.2) is 0 Å². The van der Waals surface area contributed by atoms with Crippen LogP contribution in [-0.2, 0) is 0 Å². The molecule has 1 aromatic rings. The molecule has 0 saturated heterocycles. The van der Waals surface area contributed by atoms with Gasteiger partial charge in [-0.1, -0.05) is 0 Å². The smallest absolute Gasteiger partial charge is 0.144 e. The Balaban J connectivity index is 2.68. The molecule has 0 aliphatic heterocycles. The largest absolute Gasteiger partial charge is 0.393 e. The monoisotopic (exact) mass is 205 g/mol. The lowest BCUT2D eigenvalue weighted by molar-refractivity contribution is 0.179. The molecule has 0 aliphatic carbocycles. The summed E-state index contributed by atoms with van der Waals surface area (Å²) in [5, 5.41) is 21.1. The van der Waals surface area contributed by atoms with Crippen molar-refractivity contribution < 1.29 is 5.11 Å². The lowest BCUT2D eigenvalue weighted by atomic mass is 10.1. The number of pyridine rings is 1. The van der Waals surface area contributed by atoms with Crippen LogP contribution in [0.1, 0.15) is 25.8 Å². The number of hydrogen-bond donors (Lipinski definition) is 2. The van der Waals surface area contributed by atoms with Gasteiger partial charge < -0.3 is 10.4 Å². The zero-order valence-corrected chi connectivity index (χ0v) is 8.94. The van der Waals surface area contributed by atoms with Crippen molar-refractivity contribution in [1.82, 2.24) is 4.98 Å². The minimum absolute atomic E-state index is 0.0898. The first-order valence-electron chi connectivity index (χ1n) is 4.93. The van der Waals surface area contributed by atoms with E-state index in [4.69, 9.17) is 5.26 Å². The summed E-state index contributed by atoms with van der Waals surface area (Å²) in [6, 6.07) is 5.59. The predicted molar refractivity (Wildman–Crippen MR) is 58.3 cm³/mol. The van der Waals surface area contributed by atoms with Crippen LogP contribution in [0.4, 0.5) is 5.82 Å². The molecule has 4 heteroatoms. The fourth-order valence-corrected chi connectivity index (χ4v) is 1.41. The number of anilines is 1. The van der Waals surface area contributed by atoms with Crippen LogP contribution in [0.3, 0.4) is 0 Å². The van der Waals surface area contributed by atoms with E-state index in [1.54, 1.807) is 25.3 Å². The van der Waals surface area contributed by atoms with Gasteiger partial charge in [0, 0.05) is 12.2 Å². The van der Waals surface area contributed by atoms with Crippen LogP contribution in [0, 0.1) is 11.3 Å². The molecule has 2 unspecified atom stereocenters. The summed E-state index contributed by atoms with van der Waals surface area (Å²) in [5.74, 6) is 0.577. The Morgan fingerprint density at radius 1 is 1.60 bits per heavy atom. The number of aliphatic hydroxyl groups is 1. The summed E-state index contributed by atoms with van der Waals surface area (Å²) in [4.78, 5) is 4.08. The highest BCUT2D eigenvalue weighted by Gasteiger charge is 2.08. The molecule has 4 nitrogen and oxygen atoms in total. The van der Waals surface area contributed by atoms with Crippen LogP contribution < -0.4 is 5.32 Å². The number of rotatable bonds is 4. The van der Waals surface area contributed by atoms with Gasteiger partial charge in [0.25, 0.3) is 0 Å². The zero-order chi connectivity index (χ0) is 11.3. The lowest BCUT2D eigenvalue weighted by Crippen LogP contribution is -2.21. The molecule has 2 N–H and O–H groups in total. The molecule has 80 valence electrons. The molecule has 0 spiro atoms. The van der Waals surface area contributed by atoms with Gasteiger partial charge >= 0.3 is 0 Å². The van der Waals surface area contributed by atoms with Gasteiger partial charge in [0.05, 0.1) is 11.7 Å². The minimum atomic E-state index is -0.359. The Morgan fingerprint density at radius 3 is 2.93 bits per heavy atom. The van der Waals surface area contributed by atoms with Crippen LogP contribution in [0.15, 0.2) is 18.3 Å². The second-order valence-corrected chi connectivity index (χ2v) is 3.64. The maximum absolute atomic E-state index is 9.20. The topological polar surface area (TPSA) is 68.9 Å². The summed E-state index contributed by atoms with van der Waals surface area (Å²) in [5.41, 5.74) is 0.523. The van der Waals surface area contributed by atoms with E-state index >= 15 is 0 Å². The summed E-state index contributed by atoms with van der Waals surface area (Å²) < 4.78 is 0. The van der Waals surface area contributed by atoms with Crippen molar-refractivity contribution in [1.29, 1.82) is 5.26 Å². The van der Waals surface area contributed by atoms with E-state index in [0.717, 1.165) is 0 Å². The van der Waals surface area contributed by atoms with Gasteiger partial charge in [-0.05, 0) is 32.4 Å².